The van der Waals surface area contributed by atoms with Gasteiger partial charge in [-0.1, -0.05) is 29.5 Å². The van der Waals surface area contributed by atoms with Crippen molar-refractivity contribution in [1.82, 2.24) is 29.9 Å². The average molecular weight is 408 g/mol. The lowest BCUT2D eigenvalue weighted by molar-refractivity contribution is 0.227. The van der Waals surface area contributed by atoms with Gasteiger partial charge < -0.3 is 9.64 Å². The minimum Gasteiger partial charge on any atom is -0.493 e. The fourth-order valence-electron chi connectivity index (χ4n) is 3.68. The SMILES string of the molecule is Cc1ccccc1OCC1CCCN(c2cnc3cnn(-c4nncs4)c3n2)C1. The standard InChI is InChI=1S/C20H21N7OS/c1-14-5-2-3-7-17(14)28-12-15-6-4-8-26(11-15)18-10-21-16-9-23-27(19(16)24-18)20-25-22-13-29-20/h2-3,5,7,9-10,13,15H,4,6,8,11-12H2,1H3. The van der Waals surface area contributed by atoms with E-state index in [0.717, 1.165) is 43.0 Å². The van der Waals surface area contributed by atoms with Gasteiger partial charge in [0.05, 0.1) is 19.0 Å². The second-order valence-electron chi connectivity index (χ2n) is 7.25. The van der Waals surface area contributed by atoms with Crippen molar-refractivity contribution < 1.29 is 4.74 Å². The number of hydrogen-bond donors (Lipinski definition) is 0. The van der Waals surface area contributed by atoms with Crippen molar-refractivity contribution in [3.63, 3.8) is 0 Å². The third kappa shape index (κ3) is 3.65. The molecule has 4 aromatic rings. The predicted octanol–water partition coefficient (Wildman–Crippen LogP) is 3.27. The molecule has 0 aliphatic carbocycles. The highest BCUT2D eigenvalue weighted by molar-refractivity contribution is 7.11. The van der Waals surface area contributed by atoms with Crippen LogP contribution in [0.2, 0.25) is 0 Å². The summed E-state index contributed by atoms with van der Waals surface area (Å²) in [5.74, 6) is 2.28. The molecule has 0 amide bonds. The summed E-state index contributed by atoms with van der Waals surface area (Å²) >= 11 is 1.42. The summed E-state index contributed by atoms with van der Waals surface area (Å²) < 4.78 is 7.80. The van der Waals surface area contributed by atoms with Crippen molar-refractivity contribution in [2.45, 2.75) is 19.8 Å². The number of fused-ring (bicyclic) bond motifs is 1. The van der Waals surface area contributed by atoms with Crippen LogP contribution in [0, 0.1) is 12.8 Å². The van der Waals surface area contributed by atoms with E-state index < -0.39 is 0 Å². The Hall–Kier alpha value is -3.07. The van der Waals surface area contributed by atoms with Crippen molar-refractivity contribution in [3.05, 3.63) is 47.7 Å². The normalized spacial score (nSPS) is 17.0. The molecule has 8 nitrogen and oxygen atoms in total. The zero-order valence-corrected chi connectivity index (χ0v) is 16.9. The number of piperidine rings is 1. The van der Waals surface area contributed by atoms with E-state index in [9.17, 15) is 0 Å². The lowest BCUT2D eigenvalue weighted by Crippen LogP contribution is -2.38. The van der Waals surface area contributed by atoms with Crippen LogP contribution in [-0.4, -0.2) is 49.6 Å². The molecule has 0 radical (unpaired) electrons. The van der Waals surface area contributed by atoms with Crippen LogP contribution in [0.3, 0.4) is 0 Å². The maximum atomic E-state index is 6.10. The maximum Gasteiger partial charge on any atom is 0.234 e. The van der Waals surface area contributed by atoms with Gasteiger partial charge in [-0.15, -0.1) is 10.2 Å². The van der Waals surface area contributed by atoms with E-state index in [1.165, 1.54) is 16.9 Å². The van der Waals surface area contributed by atoms with E-state index in [4.69, 9.17) is 9.72 Å². The maximum absolute atomic E-state index is 6.10. The quantitative estimate of drug-likeness (QED) is 0.502. The fourth-order valence-corrected chi connectivity index (χ4v) is 4.20. The Morgan fingerprint density at radius 3 is 3.03 bits per heavy atom. The van der Waals surface area contributed by atoms with E-state index >= 15 is 0 Å². The Morgan fingerprint density at radius 1 is 1.24 bits per heavy atom. The molecule has 1 atom stereocenters. The molecule has 1 saturated heterocycles. The van der Waals surface area contributed by atoms with Crippen LogP contribution in [0.15, 0.2) is 42.2 Å². The molecule has 1 unspecified atom stereocenters. The summed E-state index contributed by atoms with van der Waals surface area (Å²) in [5, 5.41) is 13.0. The molecule has 4 heterocycles. The molecule has 1 aromatic carbocycles. The van der Waals surface area contributed by atoms with E-state index in [1.54, 1.807) is 16.4 Å². The number of aromatic nitrogens is 6. The third-order valence-corrected chi connectivity index (χ3v) is 5.87. The molecule has 0 spiro atoms. The minimum absolute atomic E-state index is 0.453. The topological polar surface area (TPSA) is 81.9 Å². The number of benzene rings is 1. The first-order chi connectivity index (χ1) is 14.3. The van der Waals surface area contributed by atoms with Gasteiger partial charge in [-0.25, -0.2) is 9.97 Å². The lowest BCUT2D eigenvalue weighted by atomic mass is 9.99. The Morgan fingerprint density at radius 2 is 2.17 bits per heavy atom. The van der Waals surface area contributed by atoms with Crippen LogP contribution >= 0.6 is 11.3 Å². The molecule has 9 heteroatoms. The molecule has 1 aliphatic rings. The highest BCUT2D eigenvalue weighted by atomic mass is 32.1. The number of hydrogen-bond acceptors (Lipinski definition) is 8. The third-order valence-electron chi connectivity index (χ3n) is 5.21. The van der Waals surface area contributed by atoms with E-state index in [-0.39, 0.29) is 0 Å². The molecule has 3 aromatic heterocycles. The second-order valence-corrected chi connectivity index (χ2v) is 8.06. The first kappa shape index (κ1) is 18.0. The molecule has 0 N–H and O–H groups in total. The Balaban J connectivity index is 1.33. The van der Waals surface area contributed by atoms with E-state index in [2.05, 4.69) is 38.2 Å². The summed E-state index contributed by atoms with van der Waals surface area (Å²) in [6.45, 7) is 4.65. The van der Waals surface area contributed by atoms with Gasteiger partial charge >= 0.3 is 0 Å². The Kier molecular flexibility index (Phi) is 4.81. The Bertz CT molecular complexity index is 1110. The van der Waals surface area contributed by atoms with Crippen molar-refractivity contribution in [3.8, 4) is 10.9 Å². The van der Waals surface area contributed by atoms with Gasteiger partial charge in [0.25, 0.3) is 0 Å². The van der Waals surface area contributed by atoms with Crippen LogP contribution < -0.4 is 9.64 Å². The smallest absolute Gasteiger partial charge is 0.234 e. The number of para-hydroxylation sites is 1. The molecule has 1 aliphatic heterocycles. The van der Waals surface area contributed by atoms with Gasteiger partial charge in [-0.2, -0.15) is 9.78 Å². The highest BCUT2D eigenvalue weighted by Crippen LogP contribution is 2.25. The molecular formula is C20H21N7OS. The lowest BCUT2D eigenvalue weighted by Gasteiger charge is -2.33. The van der Waals surface area contributed by atoms with Gasteiger partial charge in [-0.05, 0) is 31.4 Å². The fraction of sp³-hybridized carbons (Fsp3) is 0.350. The summed E-state index contributed by atoms with van der Waals surface area (Å²) in [6, 6.07) is 8.16. The first-order valence-electron chi connectivity index (χ1n) is 9.68. The summed E-state index contributed by atoms with van der Waals surface area (Å²) in [6.07, 6.45) is 5.81. The van der Waals surface area contributed by atoms with Gasteiger partial charge in [0.2, 0.25) is 5.13 Å². The van der Waals surface area contributed by atoms with Crippen molar-refractivity contribution in [1.29, 1.82) is 0 Å². The number of nitrogens with zero attached hydrogens (tertiary/aromatic N) is 7. The van der Waals surface area contributed by atoms with Crippen LogP contribution in [0.5, 0.6) is 5.75 Å². The van der Waals surface area contributed by atoms with Crippen LogP contribution in [0.25, 0.3) is 16.3 Å². The molecule has 148 valence electrons. The van der Waals surface area contributed by atoms with Crippen molar-refractivity contribution >= 4 is 28.3 Å². The first-order valence-corrected chi connectivity index (χ1v) is 10.6. The molecule has 29 heavy (non-hydrogen) atoms. The zero-order chi connectivity index (χ0) is 19.6. The van der Waals surface area contributed by atoms with Crippen LogP contribution in [-0.2, 0) is 0 Å². The van der Waals surface area contributed by atoms with Gasteiger partial charge in [0, 0.05) is 19.0 Å². The average Bonchev–Trinajstić information content (AvgIpc) is 3.42. The monoisotopic (exact) mass is 407 g/mol. The van der Waals surface area contributed by atoms with Gasteiger partial charge in [-0.3, -0.25) is 0 Å². The number of aryl methyl sites for hydroxylation is 1. The number of ether oxygens (including phenoxy) is 1. The molecule has 5 rings (SSSR count). The van der Waals surface area contributed by atoms with Crippen molar-refractivity contribution in [2.75, 3.05) is 24.6 Å². The van der Waals surface area contributed by atoms with E-state index in [0.29, 0.717) is 23.3 Å². The zero-order valence-electron chi connectivity index (χ0n) is 16.1. The molecule has 1 fully saturated rings. The Labute approximate surface area is 172 Å². The molecule has 0 bridgehead atoms. The van der Waals surface area contributed by atoms with Gasteiger partial charge in [0.1, 0.15) is 22.6 Å². The summed E-state index contributed by atoms with van der Waals surface area (Å²) in [7, 11) is 0. The van der Waals surface area contributed by atoms with Gasteiger partial charge in [0.15, 0.2) is 5.65 Å². The predicted molar refractivity (Wildman–Crippen MR) is 112 cm³/mol. The number of rotatable bonds is 5. The second kappa shape index (κ2) is 7.75. The van der Waals surface area contributed by atoms with E-state index in [1.807, 2.05) is 24.4 Å². The largest absolute Gasteiger partial charge is 0.493 e. The number of anilines is 1. The molecular weight excluding hydrogens is 386 g/mol. The van der Waals surface area contributed by atoms with Crippen molar-refractivity contribution in [2.24, 2.45) is 5.92 Å². The van der Waals surface area contributed by atoms with Crippen LogP contribution in [0.1, 0.15) is 18.4 Å². The molecule has 0 saturated carbocycles. The minimum atomic E-state index is 0.453. The summed E-state index contributed by atoms with van der Waals surface area (Å²) in [5.41, 5.74) is 4.31. The summed E-state index contributed by atoms with van der Waals surface area (Å²) in [4.78, 5) is 11.7. The highest BCUT2D eigenvalue weighted by Gasteiger charge is 2.23. The van der Waals surface area contributed by atoms with Crippen LogP contribution in [0.4, 0.5) is 5.82 Å².